The van der Waals surface area contributed by atoms with Gasteiger partial charge in [-0.05, 0) is 42.3 Å². The lowest BCUT2D eigenvalue weighted by Gasteiger charge is -2.36. The van der Waals surface area contributed by atoms with E-state index in [4.69, 9.17) is 4.98 Å². The molecular weight excluding hydrogens is 679 g/mol. The molecule has 7 nitrogen and oxygen atoms in total. The standard InChI is InChI=1S/C34H33F4N7S3/c1-20(2)33-42-30(21-5-3-6-22(17-21)43-48-31-23(35)7-4-8-24(31)36)32(47-33)27-9-10-39-34(40-27)41-28-18-26(38)29(19-25(28)37)45-13-11-44(12-14-45)15-16-46/h3-10,17-20,43,46H,11-16H2,1-2H3,(H,39,40,41). The number of hydrogen-bond donors (Lipinski definition) is 3. The Morgan fingerprint density at radius 1 is 0.896 bits per heavy atom. The minimum atomic E-state index is -0.655. The molecule has 0 atom stereocenters. The number of rotatable bonds is 11. The first kappa shape index (κ1) is 34.0. The van der Waals surface area contributed by atoms with Gasteiger partial charge in [0.25, 0.3) is 0 Å². The van der Waals surface area contributed by atoms with Crippen LogP contribution in [0, 0.1) is 23.3 Å². The van der Waals surface area contributed by atoms with Crippen molar-refractivity contribution >= 4 is 58.9 Å². The molecule has 1 fully saturated rings. The number of hydrogen-bond acceptors (Lipinski definition) is 10. The second-order valence-electron chi connectivity index (χ2n) is 11.4. The molecule has 2 N–H and O–H groups in total. The van der Waals surface area contributed by atoms with E-state index in [-0.39, 0.29) is 28.1 Å². The zero-order valence-corrected chi connectivity index (χ0v) is 28.7. The molecule has 250 valence electrons. The van der Waals surface area contributed by atoms with Crippen molar-refractivity contribution in [1.29, 1.82) is 0 Å². The molecule has 48 heavy (non-hydrogen) atoms. The molecule has 0 saturated carbocycles. The highest BCUT2D eigenvalue weighted by Crippen LogP contribution is 2.40. The molecule has 1 aliphatic rings. The van der Waals surface area contributed by atoms with Gasteiger partial charge in [-0.3, -0.25) is 4.90 Å². The van der Waals surface area contributed by atoms with Gasteiger partial charge < -0.3 is 14.9 Å². The minimum absolute atomic E-state index is 0.0722. The van der Waals surface area contributed by atoms with E-state index in [0.717, 1.165) is 58.8 Å². The summed E-state index contributed by atoms with van der Waals surface area (Å²) >= 11 is 6.60. The Balaban J connectivity index is 1.24. The van der Waals surface area contributed by atoms with Crippen molar-refractivity contribution in [2.24, 2.45) is 0 Å². The van der Waals surface area contributed by atoms with Crippen LogP contribution < -0.4 is 14.9 Å². The van der Waals surface area contributed by atoms with E-state index in [2.05, 4.69) is 37.5 Å². The Morgan fingerprint density at radius 2 is 1.65 bits per heavy atom. The van der Waals surface area contributed by atoms with E-state index in [1.54, 1.807) is 18.3 Å². The number of nitrogens with one attached hydrogen (secondary N) is 2. The van der Waals surface area contributed by atoms with Crippen molar-refractivity contribution in [1.82, 2.24) is 19.9 Å². The van der Waals surface area contributed by atoms with E-state index in [1.807, 2.05) is 36.9 Å². The lowest BCUT2D eigenvalue weighted by atomic mass is 10.1. The molecule has 1 saturated heterocycles. The third-order valence-electron chi connectivity index (χ3n) is 7.76. The minimum Gasteiger partial charge on any atom is -0.367 e. The average Bonchev–Trinajstić information content (AvgIpc) is 3.53. The molecule has 0 bridgehead atoms. The van der Waals surface area contributed by atoms with Crippen LogP contribution in [0.2, 0.25) is 0 Å². The van der Waals surface area contributed by atoms with Crippen molar-refractivity contribution in [2.75, 3.05) is 53.4 Å². The summed E-state index contributed by atoms with van der Waals surface area (Å²) < 4.78 is 62.0. The summed E-state index contributed by atoms with van der Waals surface area (Å²) in [7, 11) is 0. The summed E-state index contributed by atoms with van der Waals surface area (Å²) in [5.41, 5.74) is 2.74. The van der Waals surface area contributed by atoms with Crippen molar-refractivity contribution in [3.63, 3.8) is 0 Å². The van der Waals surface area contributed by atoms with Crippen molar-refractivity contribution < 1.29 is 17.6 Å². The summed E-state index contributed by atoms with van der Waals surface area (Å²) in [5.74, 6) is -1.48. The fourth-order valence-electron chi connectivity index (χ4n) is 5.27. The first-order valence-electron chi connectivity index (χ1n) is 15.4. The molecule has 5 aromatic rings. The number of thiol groups is 1. The smallest absolute Gasteiger partial charge is 0.227 e. The molecule has 1 aliphatic heterocycles. The summed E-state index contributed by atoms with van der Waals surface area (Å²) in [6, 6.07) is 15.2. The molecule has 6 rings (SSSR count). The Kier molecular flexibility index (Phi) is 10.7. The van der Waals surface area contributed by atoms with E-state index >= 15 is 8.78 Å². The summed E-state index contributed by atoms with van der Waals surface area (Å²) in [6.45, 7) is 7.65. The molecule has 0 amide bonds. The Bertz CT molecular complexity index is 1880. The predicted molar refractivity (Wildman–Crippen MR) is 191 cm³/mol. The lowest BCUT2D eigenvalue weighted by molar-refractivity contribution is 0.272. The van der Waals surface area contributed by atoms with E-state index in [9.17, 15) is 8.78 Å². The van der Waals surface area contributed by atoms with Crippen LogP contribution in [0.5, 0.6) is 0 Å². The van der Waals surface area contributed by atoms with Gasteiger partial charge in [0.2, 0.25) is 5.95 Å². The monoisotopic (exact) mass is 711 g/mol. The van der Waals surface area contributed by atoms with E-state index in [0.29, 0.717) is 30.2 Å². The topological polar surface area (TPSA) is 69.2 Å². The first-order chi connectivity index (χ1) is 23.2. The van der Waals surface area contributed by atoms with Crippen LogP contribution in [0.1, 0.15) is 24.8 Å². The van der Waals surface area contributed by atoms with Gasteiger partial charge in [0.1, 0.15) is 23.3 Å². The molecule has 0 aliphatic carbocycles. The van der Waals surface area contributed by atoms with Crippen LogP contribution in [0.15, 0.2) is 71.8 Å². The second kappa shape index (κ2) is 15.1. The van der Waals surface area contributed by atoms with Gasteiger partial charge in [-0.15, -0.1) is 11.3 Å². The molecule has 14 heteroatoms. The second-order valence-corrected chi connectivity index (χ2v) is 13.7. The highest BCUT2D eigenvalue weighted by molar-refractivity contribution is 8.00. The van der Waals surface area contributed by atoms with Crippen LogP contribution in [-0.2, 0) is 0 Å². The molecule has 3 heterocycles. The van der Waals surface area contributed by atoms with Crippen LogP contribution >= 0.6 is 35.9 Å². The van der Waals surface area contributed by atoms with Gasteiger partial charge in [0.15, 0.2) is 0 Å². The van der Waals surface area contributed by atoms with E-state index < -0.39 is 23.3 Å². The Labute approximate surface area is 290 Å². The van der Waals surface area contributed by atoms with Crippen LogP contribution in [0.4, 0.5) is 40.6 Å². The lowest BCUT2D eigenvalue weighted by Crippen LogP contribution is -2.47. The quantitative estimate of drug-likeness (QED) is 0.0714. The number of aromatic nitrogens is 3. The van der Waals surface area contributed by atoms with Gasteiger partial charge in [-0.25, -0.2) is 32.5 Å². The third-order valence-corrected chi connectivity index (χ3v) is 10.3. The molecule has 2 aromatic heterocycles. The van der Waals surface area contributed by atoms with Gasteiger partial charge >= 0.3 is 0 Å². The summed E-state index contributed by atoms with van der Waals surface area (Å²) in [5, 5.41) is 3.73. The number of benzene rings is 3. The van der Waals surface area contributed by atoms with Gasteiger partial charge in [-0.2, -0.15) is 12.6 Å². The average molecular weight is 712 g/mol. The molecular formula is C34H33F4N7S3. The number of nitrogens with zero attached hydrogens (tertiary/aromatic N) is 5. The van der Waals surface area contributed by atoms with Crippen LogP contribution in [0.3, 0.4) is 0 Å². The Morgan fingerprint density at radius 3 is 2.38 bits per heavy atom. The maximum atomic E-state index is 15.3. The van der Waals surface area contributed by atoms with Gasteiger partial charge in [-0.1, -0.05) is 32.0 Å². The number of piperazine rings is 1. The summed E-state index contributed by atoms with van der Waals surface area (Å²) in [4.78, 5) is 18.6. The molecule has 0 radical (unpaired) electrons. The number of anilines is 4. The van der Waals surface area contributed by atoms with Crippen molar-refractivity contribution in [3.05, 3.63) is 95.1 Å². The first-order valence-corrected chi connectivity index (χ1v) is 17.6. The maximum Gasteiger partial charge on any atom is 0.227 e. The maximum absolute atomic E-state index is 15.3. The van der Waals surface area contributed by atoms with Crippen molar-refractivity contribution in [3.8, 4) is 21.8 Å². The molecule has 0 unspecified atom stereocenters. The number of thiazole rings is 1. The normalized spacial score (nSPS) is 13.7. The van der Waals surface area contributed by atoms with Gasteiger partial charge in [0, 0.05) is 74.0 Å². The number of halogens is 4. The van der Waals surface area contributed by atoms with Crippen LogP contribution in [0.25, 0.3) is 21.8 Å². The fraction of sp³-hybridized carbons (Fsp3) is 0.265. The highest BCUT2D eigenvalue weighted by Gasteiger charge is 2.22. The third kappa shape index (κ3) is 7.72. The predicted octanol–water partition coefficient (Wildman–Crippen LogP) is 8.86. The van der Waals surface area contributed by atoms with Crippen molar-refractivity contribution in [2.45, 2.75) is 24.7 Å². The zero-order chi connectivity index (χ0) is 33.8. The van der Waals surface area contributed by atoms with E-state index in [1.165, 1.54) is 35.6 Å². The summed E-state index contributed by atoms with van der Waals surface area (Å²) in [6.07, 6.45) is 1.55. The fourth-order valence-corrected chi connectivity index (χ4v) is 7.29. The molecule has 3 aromatic carbocycles. The highest BCUT2D eigenvalue weighted by atomic mass is 32.2. The molecule has 0 spiro atoms. The van der Waals surface area contributed by atoms with Gasteiger partial charge in [0.05, 0.1) is 37.5 Å². The Hall–Kier alpha value is -3.85. The van der Waals surface area contributed by atoms with Crippen LogP contribution in [-0.4, -0.2) is 58.3 Å². The largest absolute Gasteiger partial charge is 0.367 e. The SMILES string of the molecule is CC(C)c1nc(-c2cccc(NSc3c(F)cccc3F)c2)c(-c2ccnc(Nc3cc(F)c(N4CCN(CCS)CC4)cc3F)n2)s1. The zero-order valence-electron chi connectivity index (χ0n) is 26.2.